The van der Waals surface area contributed by atoms with Crippen molar-refractivity contribution >= 4 is 17.6 Å². The van der Waals surface area contributed by atoms with Crippen LogP contribution in [0.4, 0.5) is 10.1 Å². The van der Waals surface area contributed by atoms with Gasteiger partial charge in [-0.2, -0.15) is 9.59 Å². The summed E-state index contributed by atoms with van der Waals surface area (Å²) in [6.45, 7) is 1.37. The summed E-state index contributed by atoms with van der Waals surface area (Å²) in [5, 5.41) is 3.23. The molecule has 1 aliphatic rings. The van der Waals surface area contributed by atoms with Gasteiger partial charge in [0, 0.05) is 11.7 Å². The maximum absolute atomic E-state index is 13.4. The zero-order valence-corrected chi connectivity index (χ0v) is 10.0. The van der Waals surface area contributed by atoms with E-state index in [2.05, 4.69) is 5.32 Å². The molecule has 0 bridgehead atoms. The first kappa shape index (κ1) is 14.1. The molecule has 96 valence electrons. The standard InChI is InChI=1S/C12H14FNO.CO2/c1-8(15)11-6-5-10(7-12(11)13)14-9-3-2-4-9;2-1-3/h5-7,9,14H,2-4H2,1H3;. The molecule has 0 heterocycles. The van der Waals surface area contributed by atoms with Crippen molar-refractivity contribution in [3.63, 3.8) is 0 Å². The van der Waals surface area contributed by atoms with Crippen molar-refractivity contribution in [3.8, 4) is 0 Å². The number of hydrogen-bond acceptors (Lipinski definition) is 4. The summed E-state index contributed by atoms with van der Waals surface area (Å²) in [4.78, 5) is 27.3. The van der Waals surface area contributed by atoms with E-state index < -0.39 is 5.82 Å². The van der Waals surface area contributed by atoms with Crippen LogP contribution < -0.4 is 5.32 Å². The number of carbonyl (C=O) groups excluding carboxylic acids is 3. The van der Waals surface area contributed by atoms with E-state index >= 15 is 0 Å². The van der Waals surface area contributed by atoms with Crippen LogP contribution in [0.2, 0.25) is 0 Å². The number of rotatable bonds is 3. The SMILES string of the molecule is CC(=O)c1ccc(NC2CCC2)cc1F.O=C=O. The molecule has 0 spiro atoms. The predicted molar refractivity (Wildman–Crippen MR) is 62.7 cm³/mol. The highest BCUT2D eigenvalue weighted by molar-refractivity contribution is 5.94. The Balaban J connectivity index is 0.000000492. The van der Waals surface area contributed by atoms with E-state index in [4.69, 9.17) is 9.59 Å². The van der Waals surface area contributed by atoms with E-state index in [1.807, 2.05) is 0 Å². The van der Waals surface area contributed by atoms with Crippen LogP contribution in [0.5, 0.6) is 0 Å². The smallest absolute Gasteiger partial charge is 0.373 e. The van der Waals surface area contributed by atoms with Crippen molar-refractivity contribution < 1.29 is 18.8 Å². The van der Waals surface area contributed by atoms with Gasteiger partial charge in [0.15, 0.2) is 5.78 Å². The molecule has 0 aromatic heterocycles. The third-order valence-corrected chi connectivity index (χ3v) is 2.82. The van der Waals surface area contributed by atoms with Crippen molar-refractivity contribution in [2.45, 2.75) is 32.2 Å². The summed E-state index contributed by atoms with van der Waals surface area (Å²) >= 11 is 0. The largest absolute Gasteiger partial charge is 0.382 e. The normalized spacial score (nSPS) is 13.7. The van der Waals surface area contributed by atoms with Gasteiger partial charge in [-0.1, -0.05) is 0 Å². The fraction of sp³-hybridized carbons (Fsp3) is 0.385. The van der Waals surface area contributed by atoms with Gasteiger partial charge in [-0.3, -0.25) is 4.79 Å². The molecule has 0 radical (unpaired) electrons. The van der Waals surface area contributed by atoms with E-state index in [0.717, 1.165) is 18.5 Å². The number of carbonyl (C=O) groups is 1. The fourth-order valence-corrected chi connectivity index (χ4v) is 1.68. The number of hydrogen-bond donors (Lipinski definition) is 1. The van der Waals surface area contributed by atoms with E-state index in [1.54, 1.807) is 12.1 Å². The number of Topliss-reactive ketones (excluding diaryl/α,β-unsaturated/α-hetero) is 1. The molecule has 4 nitrogen and oxygen atoms in total. The van der Waals surface area contributed by atoms with Crippen LogP contribution in [-0.2, 0) is 9.59 Å². The molecular weight excluding hydrogens is 237 g/mol. The lowest BCUT2D eigenvalue weighted by atomic mass is 9.93. The average Bonchev–Trinajstić information content (AvgIpc) is 2.24. The van der Waals surface area contributed by atoms with Gasteiger partial charge >= 0.3 is 6.15 Å². The molecule has 2 rings (SSSR count). The fourth-order valence-electron chi connectivity index (χ4n) is 1.68. The Bertz CT molecular complexity index is 463. The third-order valence-electron chi connectivity index (χ3n) is 2.82. The second kappa shape index (κ2) is 6.67. The monoisotopic (exact) mass is 251 g/mol. The van der Waals surface area contributed by atoms with Gasteiger partial charge in [0.25, 0.3) is 0 Å². The molecule has 1 aliphatic carbocycles. The Labute approximate surface area is 104 Å². The van der Waals surface area contributed by atoms with Crippen molar-refractivity contribution in [2.75, 3.05) is 5.32 Å². The molecule has 1 aromatic rings. The molecule has 1 N–H and O–H groups in total. The summed E-state index contributed by atoms with van der Waals surface area (Å²) in [7, 11) is 0. The van der Waals surface area contributed by atoms with Crippen molar-refractivity contribution in [1.82, 2.24) is 0 Å². The van der Waals surface area contributed by atoms with Crippen LogP contribution in [-0.4, -0.2) is 18.0 Å². The quantitative estimate of drug-likeness (QED) is 0.838. The highest BCUT2D eigenvalue weighted by Gasteiger charge is 2.17. The summed E-state index contributed by atoms with van der Waals surface area (Å²) < 4.78 is 13.4. The molecule has 1 aromatic carbocycles. The topological polar surface area (TPSA) is 63.2 Å². The molecule has 1 saturated carbocycles. The first-order valence-corrected chi connectivity index (χ1v) is 5.64. The Morgan fingerprint density at radius 1 is 1.39 bits per heavy atom. The molecule has 0 saturated heterocycles. The summed E-state index contributed by atoms with van der Waals surface area (Å²) in [6.07, 6.45) is 3.79. The molecule has 0 aliphatic heterocycles. The van der Waals surface area contributed by atoms with Gasteiger partial charge in [0.1, 0.15) is 5.82 Å². The van der Waals surface area contributed by atoms with Crippen molar-refractivity contribution in [1.29, 1.82) is 0 Å². The second-order valence-electron chi connectivity index (χ2n) is 4.11. The Morgan fingerprint density at radius 3 is 2.39 bits per heavy atom. The summed E-state index contributed by atoms with van der Waals surface area (Å²) in [5.74, 6) is -0.672. The zero-order valence-electron chi connectivity index (χ0n) is 10.0. The van der Waals surface area contributed by atoms with Crippen LogP contribution >= 0.6 is 0 Å². The number of benzene rings is 1. The maximum Gasteiger partial charge on any atom is 0.373 e. The second-order valence-corrected chi connectivity index (χ2v) is 4.11. The van der Waals surface area contributed by atoms with Crippen molar-refractivity contribution in [3.05, 3.63) is 29.6 Å². The van der Waals surface area contributed by atoms with E-state index in [-0.39, 0.29) is 17.5 Å². The first-order valence-electron chi connectivity index (χ1n) is 5.64. The molecule has 0 unspecified atom stereocenters. The van der Waals surface area contributed by atoms with Gasteiger partial charge in [0.05, 0.1) is 5.56 Å². The predicted octanol–water partition coefficient (Wildman–Crippen LogP) is 2.41. The molecule has 1 fully saturated rings. The minimum atomic E-state index is -0.438. The Hall–Kier alpha value is -2.00. The third kappa shape index (κ3) is 3.79. The van der Waals surface area contributed by atoms with Crippen LogP contribution in [0, 0.1) is 5.82 Å². The van der Waals surface area contributed by atoms with Crippen LogP contribution in [0.25, 0.3) is 0 Å². The van der Waals surface area contributed by atoms with Gasteiger partial charge in [-0.25, -0.2) is 4.39 Å². The number of nitrogens with one attached hydrogen (secondary N) is 1. The van der Waals surface area contributed by atoms with Gasteiger partial charge in [0.2, 0.25) is 0 Å². The first-order chi connectivity index (χ1) is 8.58. The number of ketones is 1. The van der Waals surface area contributed by atoms with Crippen LogP contribution in [0.15, 0.2) is 18.2 Å². The number of anilines is 1. The molecular formula is C13H14FNO3. The van der Waals surface area contributed by atoms with Gasteiger partial charge < -0.3 is 5.32 Å². The molecule has 0 atom stereocenters. The Kier molecular flexibility index (Phi) is 5.21. The van der Waals surface area contributed by atoms with Crippen LogP contribution in [0.1, 0.15) is 36.5 Å². The zero-order chi connectivity index (χ0) is 13.5. The maximum atomic E-state index is 13.4. The number of halogens is 1. The average molecular weight is 251 g/mol. The van der Waals surface area contributed by atoms with E-state index in [9.17, 15) is 9.18 Å². The lowest BCUT2D eigenvalue weighted by Crippen LogP contribution is -2.27. The molecule has 5 heteroatoms. The van der Waals surface area contributed by atoms with E-state index in [1.165, 1.54) is 19.4 Å². The van der Waals surface area contributed by atoms with E-state index in [0.29, 0.717) is 6.04 Å². The minimum Gasteiger partial charge on any atom is -0.382 e. The molecule has 18 heavy (non-hydrogen) atoms. The van der Waals surface area contributed by atoms with Crippen LogP contribution in [0.3, 0.4) is 0 Å². The lowest BCUT2D eigenvalue weighted by Gasteiger charge is -2.27. The lowest BCUT2D eigenvalue weighted by molar-refractivity contribution is -0.191. The summed E-state index contributed by atoms with van der Waals surface area (Å²) in [5.41, 5.74) is 0.927. The van der Waals surface area contributed by atoms with Crippen molar-refractivity contribution in [2.24, 2.45) is 0 Å². The Morgan fingerprint density at radius 2 is 2.00 bits per heavy atom. The highest BCUT2D eigenvalue weighted by Crippen LogP contribution is 2.24. The minimum absolute atomic E-state index is 0.161. The van der Waals surface area contributed by atoms with Gasteiger partial charge in [-0.05, 0) is 44.4 Å². The highest BCUT2D eigenvalue weighted by atomic mass is 19.1. The van der Waals surface area contributed by atoms with Gasteiger partial charge in [-0.15, -0.1) is 0 Å². The summed E-state index contributed by atoms with van der Waals surface area (Å²) in [6, 6.07) is 5.18. The molecule has 0 amide bonds.